The Balaban J connectivity index is 1.16. The smallest absolute Gasteiger partial charge is 0.164 e. The van der Waals surface area contributed by atoms with E-state index in [1.165, 1.54) is 0 Å². The average molecular weight is 800 g/mol. The Hall–Kier alpha value is -8.41. The summed E-state index contributed by atoms with van der Waals surface area (Å²) in [5, 5.41) is 1.73. The Bertz CT molecular complexity index is 4000. The van der Waals surface area contributed by atoms with Crippen LogP contribution in [0, 0.1) is 0 Å². The molecule has 12 aromatic rings. The first-order chi connectivity index (χ1) is 34.1. The maximum atomic E-state index is 9.31. The molecule has 0 saturated heterocycles. The molecule has 0 aliphatic rings. The normalized spacial score (nSPS) is 13.4. The summed E-state index contributed by atoms with van der Waals surface area (Å²) >= 11 is 0. The van der Waals surface area contributed by atoms with Crippen molar-refractivity contribution in [3.63, 3.8) is 0 Å². The molecular formula is C57H37N5. The molecule has 0 aliphatic carbocycles. The van der Waals surface area contributed by atoms with E-state index in [1.807, 2.05) is 140 Å². The summed E-state index contributed by atoms with van der Waals surface area (Å²) in [4.78, 5) is 15.5. The predicted molar refractivity (Wildman–Crippen MR) is 256 cm³/mol. The lowest BCUT2D eigenvalue weighted by atomic mass is 9.98. The van der Waals surface area contributed by atoms with Gasteiger partial charge in [-0.05, 0) is 58.6 Å². The molecule has 5 nitrogen and oxygen atoms in total. The first-order valence-electron chi connectivity index (χ1n) is 24.3. The quantitative estimate of drug-likeness (QED) is 0.161. The van der Waals surface area contributed by atoms with Gasteiger partial charge in [0.2, 0.25) is 0 Å². The van der Waals surface area contributed by atoms with Crippen molar-refractivity contribution in [1.82, 2.24) is 24.1 Å². The fourth-order valence-electron chi connectivity index (χ4n) is 8.62. The van der Waals surface area contributed by atoms with Crippen LogP contribution in [0.4, 0.5) is 0 Å². The summed E-state index contributed by atoms with van der Waals surface area (Å²) in [6.45, 7) is 0. The highest BCUT2D eigenvalue weighted by molar-refractivity contribution is 6.15. The number of fused-ring (bicyclic) bond motifs is 6. The number of benzene rings is 9. The van der Waals surface area contributed by atoms with Crippen molar-refractivity contribution < 1.29 is 11.0 Å². The molecule has 3 aromatic heterocycles. The third kappa shape index (κ3) is 5.90. The number of aromatic nitrogens is 5. The van der Waals surface area contributed by atoms with Crippen molar-refractivity contribution in [1.29, 1.82) is 0 Å². The molecule has 0 spiro atoms. The van der Waals surface area contributed by atoms with Crippen LogP contribution in [0.25, 0.3) is 111 Å². The van der Waals surface area contributed by atoms with Crippen molar-refractivity contribution in [3.8, 4) is 67.8 Å². The van der Waals surface area contributed by atoms with Crippen molar-refractivity contribution in [2.24, 2.45) is 0 Å². The van der Waals surface area contributed by atoms with Crippen LogP contribution in [0.3, 0.4) is 0 Å². The lowest BCUT2D eigenvalue weighted by Crippen LogP contribution is -2.03. The lowest BCUT2D eigenvalue weighted by Gasteiger charge is -2.17. The molecule has 290 valence electrons. The fourth-order valence-corrected chi connectivity index (χ4v) is 8.62. The topological polar surface area (TPSA) is 48.5 Å². The average Bonchev–Trinajstić information content (AvgIpc) is 3.96. The van der Waals surface area contributed by atoms with Crippen LogP contribution in [-0.4, -0.2) is 24.1 Å². The lowest BCUT2D eigenvalue weighted by molar-refractivity contribution is 1.07. The molecular weight excluding hydrogens is 755 g/mol. The minimum atomic E-state index is -0.497. The molecule has 5 heteroatoms. The van der Waals surface area contributed by atoms with Gasteiger partial charge >= 0.3 is 0 Å². The highest BCUT2D eigenvalue weighted by Gasteiger charge is 2.22. The molecule has 3 heterocycles. The van der Waals surface area contributed by atoms with E-state index in [4.69, 9.17) is 23.2 Å². The fraction of sp³-hybridized carbons (Fsp3) is 0. The number of hydrogen-bond donors (Lipinski definition) is 0. The number of para-hydroxylation sites is 4. The van der Waals surface area contributed by atoms with E-state index in [0.717, 1.165) is 49.7 Å². The summed E-state index contributed by atoms with van der Waals surface area (Å²) in [5.41, 5.74) is 9.03. The van der Waals surface area contributed by atoms with Gasteiger partial charge < -0.3 is 9.13 Å². The van der Waals surface area contributed by atoms with Crippen LogP contribution in [0.5, 0.6) is 0 Å². The van der Waals surface area contributed by atoms with E-state index in [9.17, 15) is 2.74 Å². The molecule has 0 saturated carbocycles. The maximum absolute atomic E-state index is 9.31. The third-order valence-corrected chi connectivity index (χ3v) is 11.5. The van der Waals surface area contributed by atoms with Gasteiger partial charge in [0, 0.05) is 43.9 Å². The molecule has 0 aliphatic heterocycles. The van der Waals surface area contributed by atoms with Gasteiger partial charge in [0.25, 0.3) is 0 Å². The van der Waals surface area contributed by atoms with E-state index in [0.29, 0.717) is 39.9 Å². The van der Waals surface area contributed by atoms with Gasteiger partial charge in [-0.15, -0.1) is 0 Å². The van der Waals surface area contributed by atoms with E-state index in [-0.39, 0.29) is 33.9 Å². The first-order valence-corrected chi connectivity index (χ1v) is 20.3. The number of nitrogens with zero attached hydrogens (tertiary/aromatic N) is 5. The first kappa shape index (κ1) is 28.1. The highest BCUT2D eigenvalue weighted by Crippen LogP contribution is 2.41. The molecule has 0 bridgehead atoms. The molecule has 9 aromatic carbocycles. The third-order valence-electron chi connectivity index (χ3n) is 11.5. The molecule has 0 atom stereocenters. The summed E-state index contributed by atoms with van der Waals surface area (Å²) in [5.74, 6) is 1.43. The van der Waals surface area contributed by atoms with E-state index in [1.54, 1.807) is 4.57 Å². The van der Waals surface area contributed by atoms with Gasteiger partial charge in [-0.3, -0.25) is 0 Å². The van der Waals surface area contributed by atoms with Gasteiger partial charge in [-0.2, -0.15) is 0 Å². The number of rotatable bonds is 7. The van der Waals surface area contributed by atoms with Crippen LogP contribution in [-0.2, 0) is 0 Å². The van der Waals surface area contributed by atoms with Crippen LogP contribution in [0.2, 0.25) is 0 Å². The van der Waals surface area contributed by atoms with Crippen molar-refractivity contribution in [2.45, 2.75) is 0 Å². The Kier molecular flexibility index (Phi) is 6.67. The van der Waals surface area contributed by atoms with E-state index >= 15 is 0 Å². The maximum Gasteiger partial charge on any atom is 0.164 e. The monoisotopic (exact) mass is 799 g/mol. The van der Waals surface area contributed by atoms with Crippen molar-refractivity contribution in [3.05, 3.63) is 224 Å². The van der Waals surface area contributed by atoms with Gasteiger partial charge in [-0.25, -0.2) is 15.0 Å². The number of hydrogen-bond acceptors (Lipinski definition) is 3. The molecule has 62 heavy (non-hydrogen) atoms. The van der Waals surface area contributed by atoms with E-state index < -0.39 is 36.3 Å². The van der Waals surface area contributed by atoms with Crippen LogP contribution in [0.1, 0.15) is 11.0 Å². The van der Waals surface area contributed by atoms with Crippen molar-refractivity contribution in [2.75, 3.05) is 0 Å². The summed E-state index contributed by atoms with van der Waals surface area (Å²) in [7, 11) is 0. The minimum absolute atomic E-state index is 0.0109. The second-order valence-electron chi connectivity index (χ2n) is 15.0. The van der Waals surface area contributed by atoms with Gasteiger partial charge in [0.1, 0.15) is 0 Å². The molecule has 0 N–H and O–H groups in total. The Morgan fingerprint density at radius 1 is 0.339 bits per heavy atom. The second-order valence-corrected chi connectivity index (χ2v) is 15.0. The van der Waals surface area contributed by atoms with Gasteiger partial charge in [0.15, 0.2) is 17.5 Å². The van der Waals surface area contributed by atoms with Crippen LogP contribution >= 0.6 is 0 Å². The zero-order valence-electron chi connectivity index (χ0n) is 41.0. The van der Waals surface area contributed by atoms with Crippen LogP contribution < -0.4 is 0 Å². The van der Waals surface area contributed by atoms with Crippen molar-refractivity contribution >= 4 is 43.6 Å². The Morgan fingerprint density at radius 3 is 1.53 bits per heavy atom. The Morgan fingerprint density at radius 2 is 0.855 bits per heavy atom. The van der Waals surface area contributed by atoms with E-state index in [2.05, 4.69) is 41.0 Å². The van der Waals surface area contributed by atoms with Crippen LogP contribution in [0.15, 0.2) is 224 Å². The molecule has 0 unspecified atom stereocenters. The van der Waals surface area contributed by atoms with Gasteiger partial charge in [-0.1, -0.05) is 188 Å². The molecule has 0 fully saturated rings. The summed E-state index contributed by atoms with van der Waals surface area (Å²) < 4.78 is 75.4. The Labute approximate surface area is 369 Å². The van der Waals surface area contributed by atoms with Gasteiger partial charge in [0.05, 0.1) is 38.7 Å². The predicted octanol–water partition coefficient (Wildman–Crippen LogP) is 14.4. The molecule has 12 rings (SSSR count). The highest BCUT2D eigenvalue weighted by atomic mass is 15.1. The minimum Gasteiger partial charge on any atom is -0.307 e. The standard InChI is InChI=1S/C57H37N5/c1-4-17-38(18-5-1)39-31-33-42(34-32-39)56-58-55(41-21-8-3-9-22-41)59-57(60-56)49-37-43(35-36-44(49)40-19-6-2-7-20-40)61-50-27-13-12-25-47(50)48-26-16-30-53(54(48)61)62-51-28-14-10-23-45(51)46-24-11-15-29-52(46)62/h1-37H/i10D,11D,14D,15D,23D,24D,28D,29D. The second kappa shape index (κ2) is 14.7. The zero-order valence-corrected chi connectivity index (χ0v) is 33.0. The zero-order chi connectivity index (χ0) is 47.9. The SMILES string of the molecule is [2H]c1c([2H])c([2H])c2c(c1[2H])c1c([2H])c([2H])c([2H])c([2H])c1n2-c1cccc2c3ccccc3n(-c3ccc(-c4ccccc4)c(-c4nc(-c5ccccc5)nc(-c5ccc(-c6ccccc6)cc5)n4)c3)c12. The summed E-state index contributed by atoms with van der Waals surface area (Å²) in [6, 6.07) is 54.5. The molecule has 0 radical (unpaired) electrons. The molecule has 0 amide bonds. The summed E-state index contributed by atoms with van der Waals surface area (Å²) in [6.07, 6.45) is 0. The largest absolute Gasteiger partial charge is 0.307 e.